The number of benzene rings is 1. The van der Waals surface area contributed by atoms with E-state index < -0.39 is 0 Å². The number of fused-ring (bicyclic) bond motifs is 1. The molecule has 0 atom stereocenters. The lowest BCUT2D eigenvalue weighted by Gasteiger charge is -2.00. The Morgan fingerprint density at radius 3 is 3.00 bits per heavy atom. The molecule has 0 fully saturated rings. The zero-order valence-corrected chi connectivity index (χ0v) is 10.8. The molecule has 0 bridgehead atoms. The topological polar surface area (TPSA) is 30.7 Å². The van der Waals surface area contributed by atoms with E-state index in [4.69, 9.17) is 11.6 Å². The molecule has 0 saturated heterocycles. The maximum Gasteiger partial charge on any atom is 0.159 e. The molecule has 1 aromatic carbocycles. The average Bonchev–Trinajstić information content (AvgIpc) is 2.94. The number of hydrogen-bond acceptors (Lipinski definition) is 3. The second kappa shape index (κ2) is 4.13. The van der Waals surface area contributed by atoms with E-state index in [0.29, 0.717) is 5.88 Å². The number of aromatic nitrogens is 3. The molecule has 17 heavy (non-hydrogen) atoms. The molecule has 0 aliphatic heterocycles. The Balaban J connectivity index is 2.27. The van der Waals surface area contributed by atoms with Crippen LogP contribution in [0.15, 0.2) is 29.9 Å². The van der Waals surface area contributed by atoms with Gasteiger partial charge in [0.15, 0.2) is 5.82 Å². The molecule has 86 valence electrons. The molecule has 5 heteroatoms. The Morgan fingerprint density at radius 1 is 1.41 bits per heavy atom. The molecule has 0 radical (unpaired) electrons. The van der Waals surface area contributed by atoms with E-state index in [0.717, 1.165) is 17.0 Å². The van der Waals surface area contributed by atoms with Crippen molar-refractivity contribution in [1.82, 2.24) is 14.8 Å². The van der Waals surface area contributed by atoms with Crippen molar-refractivity contribution in [2.45, 2.75) is 5.88 Å². The molecule has 0 spiro atoms. The number of nitrogens with zero attached hydrogens (tertiary/aromatic N) is 3. The first-order valence-corrected chi connectivity index (χ1v) is 6.61. The number of hydrogen-bond donors (Lipinski definition) is 0. The van der Waals surface area contributed by atoms with E-state index in [1.807, 2.05) is 7.05 Å². The predicted molar refractivity (Wildman–Crippen MR) is 71.4 cm³/mol. The van der Waals surface area contributed by atoms with Crippen molar-refractivity contribution < 1.29 is 0 Å². The number of thiophene rings is 1. The van der Waals surface area contributed by atoms with Gasteiger partial charge in [0.05, 0.1) is 0 Å². The predicted octanol–water partition coefficient (Wildman–Crippen LogP) is 3.44. The fraction of sp³-hybridized carbons (Fsp3) is 0.167. The van der Waals surface area contributed by atoms with Gasteiger partial charge in [0.25, 0.3) is 0 Å². The zero-order chi connectivity index (χ0) is 11.8. The van der Waals surface area contributed by atoms with Crippen molar-refractivity contribution in [2.24, 2.45) is 7.05 Å². The summed E-state index contributed by atoms with van der Waals surface area (Å²) in [7, 11) is 1.90. The number of aryl methyl sites for hydroxylation is 1. The highest BCUT2D eigenvalue weighted by molar-refractivity contribution is 7.17. The monoisotopic (exact) mass is 263 g/mol. The van der Waals surface area contributed by atoms with Crippen LogP contribution in [0.3, 0.4) is 0 Å². The molecule has 0 aliphatic carbocycles. The summed E-state index contributed by atoms with van der Waals surface area (Å²) in [6.07, 6.45) is 1.57. The minimum Gasteiger partial charge on any atom is -0.249 e. The zero-order valence-electron chi connectivity index (χ0n) is 9.22. The van der Waals surface area contributed by atoms with Gasteiger partial charge in [-0.2, -0.15) is 5.10 Å². The first-order chi connectivity index (χ1) is 8.29. The Hall–Kier alpha value is -1.39. The third kappa shape index (κ3) is 1.73. The van der Waals surface area contributed by atoms with E-state index >= 15 is 0 Å². The van der Waals surface area contributed by atoms with Gasteiger partial charge in [-0.25, -0.2) is 9.67 Å². The van der Waals surface area contributed by atoms with E-state index in [2.05, 4.69) is 33.7 Å². The van der Waals surface area contributed by atoms with E-state index in [1.165, 1.54) is 10.1 Å². The highest BCUT2D eigenvalue weighted by Gasteiger charge is 2.11. The lowest BCUT2D eigenvalue weighted by molar-refractivity contribution is 0.775. The van der Waals surface area contributed by atoms with Crippen molar-refractivity contribution in [1.29, 1.82) is 0 Å². The summed E-state index contributed by atoms with van der Waals surface area (Å²) in [5, 5.41) is 7.42. The van der Waals surface area contributed by atoms with Gasteiger partial charge in [0.2, 0.25) is 0 Å². The molecule has 3 rings (SSSR count). The fourth-order valence-electron chi connectivity index (χ4n) is 1.87. The molecule has 0 aliphatic rings. The van der Waals surface area contributed by atoms with Crippen molar-refractivity contribution in [3.05, 3.63) is 35.5 Å². The highest BCUT2D eigenvalue weighted by atomic mass is 35.5. The van der Waals surface area contributed by atoms with Crippen LogP contribution in [0.4, 0.5) is 0 Å². The molecule has 0 amide bonds. The number of rotatable bonds is 2. The van der Waals surface area contributed by atoms with E-state index in [1.54, 1.807) is 22.3 Å². The number of halogens is 1. The van der Waals surface area contributed by atoms with Crippen molar-refractivity contribution >= 4 is 33.0 Å². The molecule has 0 saturated carbocycles. The van der Waals surface area contributed by atoms with E-state index in [9.17, 15) is 0 Å². The Morgan fingerprint density at radius 2 is 2.29 bits per heavy atom. The third-order valence-corrected chi connectivity index (χ3v) is 4.02. The lowest BCUT2D eigenvalue weighted by atomic mass is 10.1. The first-order valence-electron chi connectivity index (χ1n) is 5.20. The molecule has 0 unspecified atom stereocenters. The van der Waals surface area contributed by atoms with Crippen LogP contribution in [-0.4, -0.2) is 14.8 Å². The largest absolute Gasteiger partial charge is 0.249 e. The van der Waals surface area contributed by atoms with E-state index in [-0.39, 0.29) is 0 Å². The lowest BCUT2D eigenvalue weighted by Crippen LogP contribution is -1.93. The van der Waals surface area contributed by atoms with Gasteiger partial charge in [-0.3, -0.25) is 0 Å². The summed E-state index contributed by atoms with van der Waals surface area (Å²) in [6.45, 7) is 0. The maximum absolute atomic E-state index is 5.87. The third-order valence-electron chi connectivity index (χ3n) is 2.74. The summed E-state index contributed by atoms with van der Waals surface area (Å²) in [5.41, 5.74) is 2.25. The van der Waals surface area contributed by atoms with Crippen LogP contribution in [0.25, 0.3) is 21.5 Å². The summed E-state index contributed by atoms with van der Waals surface area (Å²) < 4.78 is 3.03. The summed E-state index contributed by atoms with van der Waals surface area (Å²) in [4.78, 5) is 4.29. The van der Waals surface area contributed by atoms with Crippen LogP contribution in [0, 0.1) is 0 Å². The van der Waals surface area contributed by atoms with Crippen LogP contribution in [-0.2, 0) is 12.9 Å². The molecule has 3 aromatic rings. The molecule has 3 nitrogen and oxygen atoms in total. The Bertz CT molecular complexity index is 671. The van der Waals surface area contributed by atoms with Gasteiger partial charge in [0, 0.05) is 34.0 Å². The van der Waals surface area contributed by atoms with Crippen LogP contribution in [0.2, 0.25) is 0 Å². The summed E-state index contributed by atoms with van der Waals surface area (Å²) in [5.74, 6) is 1.42. The van der Waals surface area contributed by atoms with Gasteiger partial charge in [-0.05, 0) is 17.7 Å². The molecule has 0 N–H and O–H groups in total. The highest BCUT2D eigenvalue weighted by Crippen LogP contribution is 2.33. The van der Waals surface area contributed by atoms with Gasteiger partial charge in [-0.1, -0.05) is 6.07 Å². The van der Waals surface area contributed by atoms with Crippen LogP contribution in [0.5, 0.6) is 0 Å². The molecular formula is C12H10ClN3S. The van der Waals surface area contributed by atoms with Crippen LogP contribution < -0.4 is 0 Å². The second-order valence-electron chi connectivity index (χ2n) is 3.82. The molecule has 2 heterocycles. The van der Waals surface area contributed by atoms with Crippen LogP contribution in [0.1, 0.15) is 5.56 Å². The SMILES string of the molecule is Cn1ncnc1-c1csc2ccc(CCl)cc12. The Kier molecular flexibility index (Phi) is 2.61. The summed E-state index contributed by atoms with van der Waals surface area (Å²) in [6, 6.07) is 6.30. The quantitative estimate of drug-likeness (QED) is 0.663. The van der Waals surface area contributed by atoms with Gasteiger partial charge in [-0.15, -0.1) is 22.9 Å². The smallest absolute Gasteiger partial charge is 0.159 e. The second-order valence-corrected chi connectivity index (χ2v) is 5.00. The van der Waals surface area contributed by atoms with Crippen LogP contribution >= 0.6 is 22.9 Å². The fourth-order valence-corrected chi connectivity index (χ4v) is 2.96. The minimum atomic E-state index is 0.532. The maximum atomic E-state index is 5.87. The molecule has 2 aromatic heterocycles. The minimum absolute atomic E-state index is 0.532. The van der Waals surface area contributed by atoms with Gasteiger partial charge < -0.3 is 0 Å². The van der Waals surface area contributed by atoms with Crippen molar-refractivity contribution in [2.75, 3.05) is 0 Å². The van der Waals surface area contributed by atoms with Crippen molar-refractivity contribution in [3.63, 3.8) is 0 Å². The standard InChI is InChI=1S/C12H10ClN3S/c1-16-12(14-7-15-16)10-6-17-11-3-2-8(5-13)4-9(10)11/h2-4,6-7H,5H2,1H3. The molecular weight excluding hydrogens is 254 g/mol. The normalized spacial score (nSPS) is 11.2. The van der Waals surface area contributed by atoms with Crippen molar-refractivity contribution in [3.8, 4) is 11.4 Å². The Labute approximate surface area is 108 Å². The first kappa shape index (κ1) is 10.7. The average molecular weight is 264 g/mol. The summed E-state index contributed by atoms with van der Waals surface area (Å²) >= 11 is 7.59. The number of alkyl halides is 1. The van der Waals surface area contributed by atoms with Gasteiger partial charge >= 0.3 is 0 Å². The van der Waals surface area contributed by atoms with Gasteiger partial charge in [0.1, 0.15) is 6.33 Å².